The number of fused-ring (bicyclic) bond motifs is 1. The van der Waals surface area contributed by atoms with Gasteiger partial charge in [0.15, 0.2) is 6.61 Å². The van der Waals surface area contributed by atoms with Crippen LogP contribution in [0, 0.1) is 13.8 Å². The highest BCUT2D eigenvalue weighted by molar-refractivity contribution is 8.00. The second-order valence-corrected chi connectivity index (χ2v) is 13.7. The van der Waals surface area contributed by atoms with E-state index in [-0.39, 0.29) is 11.9 Å². The van der Waals surface area contributed by atoms with Gasteiger partial charge in [0.25, 0.3) is 10.0 Å². The van der Waals surface area contributed by atoms with Crippen LogP contribution in [-0.2, 0) is 19.6 Å². The number of thioether (sulfide) groups is 1. The number of esters is 1. The summed E-state index contributed by atoms with van der Waals surface area (Å²) in [6.45, 7) is 10.6. The fraction of sp³-hybridized carbons (Fsp3) is 0.444. The summed E-state index contributed by atoms with van der Waals surface area (Å²) in [6.07, 6.45) is 1.53. The second-order valence-electron chi connectivity index (χ2n) is 8.69. The highest BCUT2D eigenvalue weighted by Gasteiger charge is 2.30. The van der Waals surface area contributed by atoms with Gasteiger partial charge >= 0.3 is 5.97 Å². The zero-order chi connectivity index (χ0) is 27.2. The maximum atomic E-state index is 13.8. The smallest absolute Gasteiger partial charge is 0.344 e. The Morgan fingerprint density at radius 2 is 1.89 bits per heavy atom. The first-order valence-electron chi connectivity index (χ1n) is 12.3. The van der Waals surface area contributed by atoms with Gasteiger partial charge in [-0.1, -0.05) is 25.4 Å². The molecule has 1 heterocycles. The van der Waals surface area contributed by atoms with Gasteiger partial charge in [0.05, 0.1) is 6.61 Å². The van der Waals surface area contributed by atoms with E-state index in [0.717, 1.165) is 39.0 Å². The minimum Gasteiger partial charge on any atom is -0.482 e. The van der Waals surface area contributed by atoms with Crippen molar-refractivity contribution in [3.63, 3.8) is 0 Å². The van der Waals surface area contributed by atoms with Crippen LogP contribution in [0.3, 0.4) is 0 Å². The van der Waals surface area contributed by atoms with Crippen LogP contribution in [0.4, 0.5) is 0 Å². The molecule has 0 amide bonds. The molecule has 6 nitrogen and oxygen atoms in total. The Labute approximate surface area is 233 Å². The quantitative estimate of drug-likeness (QED) is 0.158. The average molecular weight is 584 g/mol. The molecule has 0 spiro atoms. The SMILES string of the molecule is CCCN(CC(CC)Sc1ccc(OCC(=O)OCC)c(C)c1)S(=O)(=O)c1sc2ccc(Cl)cc2c1C. The van der Waals surface area contributed by atoms with Gasteiger partial charge in [-0.05, 0) is 86.5 Å². The summed E-state index contributed by atoms with van der Waals surface area (Å²) in [5.41, 5.74) is 1.65. The number of sulfonamides is 1. The standard InChI is InChI=1S/C27H34ClNO5S3/c1-6-13-29(37(31,32)27-19(5)23-15-20(28)9-12-25(23)36-27)16-21(7-2)35-22-10-11-24(18(4)14-22)34-17-26(30)33-8-3/h9-12,14-15,21H,6-8,13,16-17H2,1-5H3. The van der Waals surface area contributed by atoms with Crippen molar-refractivity contribution >= 4 is 60.8 Å². The first kappa shape index (κ1) is 29.8. The Morgan fingerprint density at radius 3 is 2.54 bits per heavy atom. The van der Waals surface area contributed by atoms with E-state index in [2.05, 4.69) is 6.92 Å². The topological polar surface area (TPSA) is 72.9 Å². The van der Waals surface area contributed by atoms with Crippen molar-refractivity contribution < 1.29 is 22.7 Å². The van der Waals surface area contributed by atoms with Gasteiger partial charge in [-0.3, -0.25) is 0 Å². The van der Waals surface area contributed by atoms with Crippen LogP contribution in [0.15, 0.2) is 45.5 Å². The normalized spacial score (nSPS) is 12.7. The fourth-order valence-corrected chi connectivity index (χ4v) is 8.88. The predicted molar refractivity (Wildman–Crippen MR) is 154 cm³/mol. The molecule has 0 saturated heterocycles. The number of carbonyl (C=O) groups excluding carboxylic acids is 1. The van der Waals surface area contributed by atoms with Crippen molar-refractivity contribution in [3.05, 3.63) is 52.5 Å². The molecule has 0 N–H and O–H groups in total. The largest absolute Gasteiger partial charge is 0.482 e. The average Bonchev–Trinajstić information content (AvgIpc) is 3.19. The van der Waals surface area contributed by atoms with Crippen molar-refractivity contribution in [1.82, 2.24) is 4.31 Å². The van der Waals surface area contributed by atoms with Crippen LogP contribution in [-0.4, -0.2) is 50.2 Å². The molecule has 10 heteroatoms. The van der Waals surface area contributed by atoms with Gasteiger partial charge in [-0.25, -0.2) is 13.2 Å². The van der Waals surface area contributed by atoms with Crippen molar-refractivity contribution in [2.45, 2.75) is 61.8 Å². The first-order chi connectivity index (χ1) is 17.6. The Kier molecular flexibility index (Phi) is 10.7. The van der Waals surface area contributed by atoms with E-state index < -0.39 is 16.0 Å². The summed E-state index contributed by atoms with van der Waals surface area (Å²) in [7, 11) is -3.67. The third-order valence-corrected chi connectivity index (χ3v) is 11.2. The molecule has 0 aliphatic heterocycles. The van der Waals surface area contributed by atoms with Gasteiger partial charge in [0.1, 0.15) is 9.96 Å². The number of ether oxygens (including phenoxy) is 2. The van der Waals surface area contributed by atoms with E-state index in [0.29, 0.717) is 34.7 Å². The molecule has 0 radical (unpaired) electrons. The number of nitrogens with zero attached hydrogens (tertiary/aromatic N) is 1. The van der Waals surface area contributed by atoms with Crippen LogP contribution in [0.2, 0.25) is 5.02 Å². The molecule has 0 saturated carbocycles. The number of hydrogen-bond donors (Lipinski definition) is 0. The molecule has 0 bridgehead atoms. The van der Waals surface area contributed by atoms with Gasteiger partial charge in [-0.15, -0.1) is 23.1 Å². The molecule has 2 aromatic carbocycles. The zero-order valence-corrected chi connectivity index (χ0v) is 25.1. The molecular weight excluding hydrogens is 550 g/mol. The van der Waals surface area contributed by atoms with Gasteiger partial charge in [0, 0.05) is 33.0 Å². The number of rotatable bonds is 13. The van der Waals surface area contributed by atoms with Crippen LogP contribution in [0.25, 0.3) is 10.1 Å². The van der Waals surface area contributed by atoms with Crippen molar-refractivity contribution in [3.8, 4) is 5.75 Å². The van der Waals surface area contributed by atoms with Crippen LogP contribution >= 0.6 is 34.7 Å². The summed E-state index contributed by atoms with van der Waals surface area (Å²) in [6, 6.07) is 11.3. The maximum Gasteiger partial charge on any atom is 0.344 e. The summed E-state index contributed by atoms with van der Waals surface area (Å²) in [5.74, 6) is 0.224. The number of carbonyl (C=O) groups is 1. The second kappa shape index (κ2) is 13.3. The zero-order valence-electron chi connectivity index (χ0n) is 21.9. The fourth-order valence-electron chi connectivity index (χ4n) is 3.96. The third kappa shape index (κ3) is 7.41. The molecule has 3 rings (SSSR count). The Morgan fingerprint density at radius 1 is 1.14 bits per heavy atom. The molecular formula is C27H34ClNO5S3. The van der Waals surface area contributed by atoms with E-state index in [1.165, 1.54) is 11.3 Å². The summed E-state index contributed by atoms with van der Waals surface area (Å²) < 4.78 is 41.1. The number of thiophene rings is 1. The molecule has 1 atom stereocenters. The van der Waals surface area contributed by atoms with Gasteiger partial charge < -0.3 is 9.47 Å². The predicted octanol–water partition coefficient (Wildman–Crippen LogP) is 7.09. The van der Waals surface area contributed by atoms with Crippen LogP contribution in [0.1, 0.15) is 44.7 Å². The monoisotopic (exact) mass is 583 g/mol. The number of aryl methyl sites for hydroxylation is 2. The van der Waals surface area contributed by atoms with Crippen molar-refractivity contribution in [2.24, 2.45) is 0 Å². The number of halogens is 1. The summed E-state index contributed by atoms with van der Waals surface area (Å²) in [5, 5.41) is 1.55. The lowest BCUT2D eigenvalue weighted by Crippen LogP contribution is -2.37. The molecule has 1 aromatic heterocycles. The molecule has 0 aliphatic carbocycles. The molecule has 202 valence electrons. The maximum absolute atomic E-state index is 13.8. The van der Waals surface area contributed by atoms with E-state index in [4.69, 9.17) is 21.1 Å². The Bertz CT molecular complexity index is 1340. The highest BCUT2D eigenvalue weighted by Crippen LogP contribution is 2.38. The third-order valence-electron chi connectivity index (χ3n) is 5.86. The Hall–Kier alpha value is -1.78. The van der Waals surface area contributed by atoms with E-state index in [1.54, 1.807) is 29.1 Å². The highest BCUT2D eigenvalue weighted by atomic mass is 35.5. The van der Waals surface area contributed by atoms with Gasteiger partial charge in [0.2, 0.25) is 0 Å². The summed E-state index contributed by atoms with van der Waals surface area (Å²) in [4.78, 5) is 12.6. The minimum absolute atomic E-state index is 0.0659. The molecule has 1 unspecified atom stereocenters. The summed E-state index contributed by atoms with van der Waals surface area (Å²) >= 11 is 9.13. The lowest BCUT2D eigenvalue weighted by atomic mass is 10.2. The van der Waals surface area contributed by atoms with Crippen molar-refractivity contribution in [1.29, 1.82) is 0 Å². The lowest BCUT2D eigenvalue weighted by molar-refractivity contribution is -0.145. The van der Waals surface area contributed by atoms with Crippen LogP contribution in [0.5, 0.6) is 5.75 Å². The first-order valence-corrected chi connectivity index (χ1v) is 15.9. The molecule has 0 fully saturated rings. The Balaban J connectivity index is 1.78. The minimum atomic E-state index is -3.67. The molecule has 3 aromatic rings. The van der Waals surface area contributed by atoms with E-state index in [9.17, 15) is 13.2 Å². The van der Waals surface area contributed by atoms with Crippen molar-refractivity contribution in [2.75, 3.05) is 26.3 Å². The number of benzene rings is 2. The molecule has 37 heavy (non-hydrogen) atoms. The van der Waals surface area contributed by atoms with E-state index >= 15 is 0 Å². The lowest BCUT2D eigenvalue weighted by Gasteiger charge is -2.26. The van der Waals surface area contributed by atoms with Crippen LogP contribution < -0.4 is 4.74 Å². The molecule has 0 aliphatic rings. The van der Waals surface area contributed by atoms with E-state index in [1.807, 2.05) is 51.1 Å². The van der Waals surface area contributed by atoms with Gasteiger partial charge in [-0.2, -0.15) is 4.31 Å². The number of hydrogen-bond acceptors (Lipinski definition) is 7.